The second kappa shape index (κ2) is 2.63. The van der Waals surface area contributed by atoms with Crippen molar-refractivity contribution in [3.63, 3.8) is 0 Å². The van der Waals surface area contributed by atoms with Crippen molar-refractivity contribution in [3.05, 3.63) is 27.0 Å². The Morgan fingerprint density at radius 2 is 2.08 bits per heavy atom. The summed E-state index contributed by atoms with van der Waals surface area (Å²) in [5, 5.41) is 8.76. The highest BCUT2D eigenvalue weighted by atomic mass is 16.1. The molecule has 4 heteroatoms. The molecule has 0 fully saturated rings. The monoisotopic (exact) mass is 175 g/mol. The number of H-pyrrole nitrogens is 1. The maximum Gasteiger partial charge on any atom is 0.267 e. The molecule has 1 aromatic rings. The van der Waals surface area contributed by atoms with E-state index in [0.717, 1.165) is 30.4 Å². The minimum atomic E-state index is -0.361. The minimum absolute atomic E-state index is 0.238. The van der Waals surface area contributed by atoms with Crippen LogP contribution < -0.4 is 11.3 Å². The summed E-state index contributed by atoms with van der Waals surface area (Å²) in [7, 11) is 0. The van der Waals surface area contributed by atoms with Crippen molar-refractivity contribution >= 4 is 5.82 Å². The maximum absolute atomic E-state index is 11.3. The fourth-order valence-corrected chi connectivity index (χ4v) is 1.83. The van der Waals surface area contributed by atoms with E-state index in [4.69, 9.17) is 11.0 Å². The number of pyridine rings is 1. The number of anilines is 1. The van der Waals surface area contributed by atoms with E-state index in [2.05, 4.69) is 4.98 Å². The molecule has 0 saturated heterocycles. The van der Waals surface area contributed by atoms with E-state index >= 15 is 0 Å². The fraction of sp³-hybridized carbons (Fsp3) is 0.333. The number of rotatable bonds is 0. The molecule has 4 nitrogen and oxygen atoms in total. The first kappa shape index (κ1) is 7.87. The Balaban J connectivity index is 2.82. The minimum Gasteiger partial charge on any atom is -0.385 e. The van der Waals surface area contributed by atoms with Crippen molar-refractivity contribution in [2.45, 2.75) is 19.3 Å². The summed E-state index contributed by atoms with van der Waals surface area (Å²) in [6, 6.07) is 1.92. The predicted molar refractivity (Wildman–Crippen MR) is 48.2 cm³/mol. The van der Waals surface area contributed by atoms with Crippen LogP contribution in [0.5, 0.6) is 0 Å². The molecule has 0 atom stereocenters. The first-order chi connectivity index (χ1) is 6.24. The largest absolute Gasteiger partial charge is 0.385 e. The zero-order valence-corrected chi connectivity index (χ0v) is 7.05. The van der Waals surface area contributed by atoms with Gasteiger partial charge in [-0.25, -0.2) is 0 Å². The smallest absolute Gasteiger partial charge is 0.267 e. The lowest BCUT2D eigenvalue weighted by molar-refractivity contribution is 0.911. The molecule has 1 aliphatic rings. The second-order valence-electron chi connectivity index (χ2n) is 3.17. The molecule has 3 N–H and O–H groups in total. The van der Waals surface area contributed by atoms with Gasteiger partial charge in [0.25, 0.3) is 5.56 Å². The van der Waals surface area contributed by atoms with Crippen LogP contribution >= 0.6 is 0 Å². The molecular formula is C9H9N3O. The highest BCUT2D eigenvalue weighted by molar-refractivity contribution is 5.53. The molecule has 1 heterocycles. The van der Waals surface area contributed by atoms with E-state index in [9.17, 15) is 4.79 Å². The third kappa shape index (κ3) is 1.01. The summed E-state index contributed by atoms with van der Waals surface area (Å²) in [6.07, 6.45) is 2.64. The Morgan fingerprint density at radius 3 is 2.77 bits per heavy atom. The number of aromatic nitrogens is 1. The van der Waals surface area contributed by atoms with Crippen molar-refractivity contribution in [1.29, 1.82) is 5.26 Å². The van der Waals surface area contributed by atoms with Gasteiger partial charge in [-0.15, -0.1) is 0 Å². The molecule has 0 bridgehead atoms. The molecule has 13 heavy (non-hydrogen) atoms. The molecule has 0 aliphatic heterocycles. The first-order valence-corrected chi connectivity index (χ1v) is 4.17. The Kier molecular flexibility index (Phi) is 1.59. The van der Waals surface area contributed by atoms with Crippen LogP contribution in [0.2, 0.25) is 0 Å². The van der Waals surface area contributed by atoms with E-state index in [0.29, 0.717) is 5.82 Å². The summed E-state index contributed by atoms with van der Waals surface area (Å²) in [5.74, 6) is 0.427. The molecule has 0 radical (unpaired) electrons. The van der Waals surface area contributed by atoms with E-state index < -0.39 is 0 Å². The number of nitrogen functional groups attached to an aromatic ring is 1. The summed E-state index contributed by atoms with van der Waals surface area (Å²) in [4.78, 5) is 13.8. The topological polar surface area (TPSA) is 82.7 Å². The number of nitrogens with one attached hydrogen (secondary N) is 1. The van der Waals surface area contributed by atoms with Gasteiger partial charge in [-0.2, -0.15) is 5.26 Å². The van der Waals surface area contributed by atoms with Gasteiger partial charge in [-0.05, 0) is 30.4 Å². The molecule has 2 rings (SSSR count). The highest BCUT2D eigenvalue weighted by Gasteiger charge is 2.20. The summed E-state index contributed by atoms with van der Waals surface area (Å²) in [5.41, 5.74) is 7.31. The van der Waals surface area contributed by atoms with Gasteiger partial charge < -0.3 is 10.7 Å². The zero-order chi connectivity index (χ0) is 9.42. The summed E-state index contributed by atoms with van der Waals surface area (Å²) in [6.45, 7) is 0. The van der Waals surface area contributed by atoms with Gasteiger partial charge in [0.2, 0.25) is 0 Å². The van der Waals surface area contributed by atoms with Crippen molar-refractivity contribution in [1.82, 2.24) is 4.98 Å². The van der Waals surface area contributed by atoms with Crippen molar-refractivity contribution < 1.29 is 0 Å². The highest BCUT2D eigenvalue weighted by Crippen LogP contribution is 2.26. The second-order valence-corrected chi connectivity index (χ2v) is 3.17. The van der Waals surface area contributed by atoms with Crippen LogP contribution in [0.15, 0.2) is 4.79 Å². The van der Waals surface area contributed by atoms with Crippen LogP contribution in [-0.4, -0.2) is 4.98 Å². The molecule has 0 unspecified atom stereocenters. The lowest BCUT2D eigenvalue weighted by Gasteiger charge is -2.03. The van der Waals surface area contributed by atoms with Crippen molar-refractivity contribution in [2.24, 2.45) is 0 Å². The lowest BCUT2D eigenvalue weighted by Crippen LogP contribution is -2.16. The molecule has 0 amide bonds. The van der Waals surface area contributed by atoms with Crippen molar-refractivity contribution in [2.75, 3.05) is 5.73 Å². The average Bonchev–Trinajstić information content (AvgIpc) is 2.53. The van der Waals surface area contributed by atoms with Gasteiger partial charge in [0, 0.05) is 0 Å². The predicted octanol–water partition coefficient (Wildman–Crippen LogP) is 0.317. The van der Waals surface area contributed by atoms with Crippen LogP contribution in [0.3, 0.4) is 0 Å². The molecule has 0 spiro atoms. The average molecular weight is 175 g/mol. The first-order valence-electron chi connectivity index (χ1n) is 4.17. The zero-order valence-electron chi connectivity index (χ0n) is 7.05. The molecule has 1 aromatic heterocycles. The SMILES string of the molecule is N#Cc1c2c(c(N)[nH]c1=O)CCC2. The van der Waals surface area contributed by atoms with Gasteiger partial charge >= 0.3 is 0 Å². The van der Waals surface area contributed by atoms with E-state index in [1.54, 1.807) is 0 Å². The quantitative estimate of drug-likeness (QED) is 0.595. The van der Waals surface area contributed by atoms with Crippen LogP contribution in [-0.2, 0) is 12.8 Å². The molecule has 1 aliphatic carbocycles. The van der Waals surface area contributed by atoms with Crippen molar-refractivity contribution in [3.8, 4) is 6.07 Å². The van der Waals surface area contributed by atoms with Gasteiger partial charge in [-0.1, -0.05) is 0 Å². The fourth-order valence-electron chi connectivity index (χ4n) is 1.83. The third-order valence-corrected chi connectivity index (χ3v) is 2.43. The Hall–Kier alpha value is -1.76. The molecule has 66 valence electrons. The van der Waals surface area contributed by atoms with Gasteiger partial charge in [0.1, 0.15) is 17.5 Å². The number of hydrogen-bond acceptors (Lipinski definition) is 3. The summed E-state index contributed by atoms with van der Waals surface area (Å²) < 4.78 is 0. The van der Waals surface area contributed by atoms with Gasteiger partial charge in [0.05, 0.1) is 0 Å². The third-order valence-electron chi connectivity index (χ3n) is 2.43. The number of nitriles is 1. The maximum atomic E-state index is 11.3. The standard InChI is InChI=1S/C9H9N3O/c10-4-7-5-2-1-3-6(5)8(11)12-9(7)13/h1-3H2,(H3,11,12,13). The molecular weight excluding hydrogens is 166 g/mol. The van der Waals surface area contributed by atoms with Gasteiger partial charge in [-0.3, -0.25) is 4.79 Å². The van der Waals surface area contributed by atoms with Crippen LogP contribution in [0.4, 0.5) is 5.82 Å². The van der Waals surface area contributed by atoms with Crippen LogP contribution in [0, 0.1) is 11.3 Å². The number of nitrogens with two attached hydrogens (primary N) is 1. The Morgan fingerprint density at radius 1 is 1.38 bits per heavy atom. The van der Waals surface area contributed by atoms with Crippen LogP contribution in [0.25, 0.3) is 0 Å². The Bertz CT molecular complexity index is 453. The number of aromatic amines is 1. The number of fused-ring (bicyclic) bond motifs is 1. The normalized spacial score (nSPS) is 13.8. The number of nitrogens with zero attached hydrogens (tertiary/aromatic N) is 1. The number of hydrogen-bond donors (Lipinski definition) is 2. The lowest BCUT2D eigenvalue weighted by atomic mass is 10.1. The van der Waals surface area contributed by atoms with Crippen LogP contribution in [0.1, 0.15) is 23.1 Å². The Labute approximate surface area is 75.0 Å². The summed E-state index contributed by atoms with van der Waals surface area (Å²) >= 11 is 0. The van der Waals surface area contributed by atoms with E-state index in [1.807, 2.05) is 6.07 Å². The molecule has 0 saturated carbocycles. The molecule has 0 aromatic carbocycles. The van der Waals surface area contributed by atoms with E-state index in [-0.39, 0.29) is 11.1 Å². The van der Waals surface area contributed by atoms with E-state index in [1.165, 1.54) is 0 Å². The van der Waals surface area contributed by atoms with Gasteiger partial charge in [0.15, 0.2) is 0 Å².